The number of esters is 1. The van der Waals surface area contributed by atoms with Crippen LogP contribution in [-0.2, 0) is 9.53 Å². The Hall–Kier alpha value is -0.570. The van der Waals surface area contributed by atoms with E-state index in [2.05, 4.69) is 11.7 Å². The summed E-state index contributed by atoms with van der Waals surface area (Å²) in [5.74, 6) is -0.0509. The Morgan fingerprint density at radius 2 is 2.15 bits per heavy atom. The number of aliphatic hydroxyl groups is 1. The van der Waals surface area contributed by atoms with E-state index in [4.69, 9.17) is 0 Å². The smallest absolute Gasteiger partial charge is 0.311 e. The molecule has 1 rings (SSSR count). The van der Waals surface area contributed by atoms with Crippen molar-refractivity contribution >= 4 is 5.97 Å². The second-order valence-corrected chi connectivity index (χ2v) is 3.97. The lowest BCUT2D eigenvalue weighted by Crippen LogP contribution is -2.29. The van der Waals surface area contributed by atoms with E-state index in [1.165, 1.54) is 7.11 Å². The summed E-state index contributed by atoms with van der Waals surface area (Å²) in [6.45, 7) is 2.12. The van der Waals surface area contributed by atoms with E-state index in [9.17, 15) is 9.90 Å². The molecule has 0 aromatic rings. The van der Waals surface area contributed by atoms with Crippen LogP contribution in [0.1, 0.15) is 32.6 Å². The van der Waals surface area contributed by atoms with Crippen LogP contribution < -0.4 is 0 Å². The highest BCUT2D eigenvalue weighted by Gasteiger charge is 2.31. The molecule has 0 unspecified atom stereocenters. The first-order chi connectivity index (χ1) is 6.15. The Kier molecular flexibility index (Phi) is 3.72. The summed E-state index contributed by atoms with van der Waals surface area (Å²) in [6.07, 6.45) is 3.09. The summed E-state index contributed by atoms with van der Waals surface area (Å²) in [5.41, 5.74) is 0. The van der Waals surface area contributed by atoms with Crippen molar-refractivity contribution in [3.8, 4) is 0 Å². The number of carbonyl (C=O) groups excluding carboxylic acids is 1. The zero-order valence-corrected chi connectivity index (χ0v) is 8.32. The van der Waals surface area contributed by atoms with Crippen LogP contribution in [0.15, 0.2) is 0 Å². The summed E-state index contributed by atoms with van der Waals surface area (Å²) in [6, 6.07) is 0. The minimum absolute atomic E-state index is 0.263. The van der Waals surface area contributed by atoms with Gasteiger partial charge in [-0.1, -0.05) is 19.8 Å². The Labute approximate surface area is 79.1 Å². The number of hydrogen-bond acceptors (Lipinski definition) is 3. The van der Waals surface area contributed by atoms with E-state index in [0.717, 1.165) is 25.7 Å². The van der Waals surface area contributed by atoms with Crippen molar-refractivity contribution in [2.24, 2.45) is 11.8 Å². The quantitative estimate of drug-likeness (QED) is 0.496. The van der Waals surface area contributed by atoms with E-state index in [-0.39, 0.29) is 11.9 Å². The molecule has 1 fully saturated rings. The predicted molar refractivity (Wildman–Crippen MR) is 49.1 cm³/mol. The van der Waals surface area contributed by atoms with Gasteiger partial charge in [-0.25, -0.2) is 0 Å². The Bertz CT molecular complexity index is 179. The van der Waals surface area contributed by atoms with Crippen molar-refractivity contribution in [2.45, 2.75) is 38.7 Å². The van der Waals surface area contributed by atoms with Gasteiger partial charge in [0.2, 0.25) is 0 Å². The lowest BCUT2D eigenvalue weighted by Gasteiger charge is -2.18. The molecule has 0 aromatic heterocycles. The molecule has 0 bridgehead atoms. The van der Waals surface area contributed by atoms with Gasteiger partial charge in [0, 0.05) is 0 Å². The van der Waals surface area contributed by atoms with Crippen molar-refractivity contribution in [3.63, 3.8) is 0 Å². The van der Waals surface area contributed by atoms with Crippen molar-refractivity contribution in [2.75, 3.05) is 7.11 Å². The van der Waals surface area contributed by atoms with Crippen LogP contribution >= 0.6 is 0 Å². The molecule has 1 aliphatic rings. The van der Waals surface area contributed by atoms with Gasteiger partial charge in [-0.3, -0.25) is 4.79 Å². The summed E-state index contributed by atoms with van der Waals surface area (Å²) in [4.78, 5) is 11.3. The van der Waals surface area contributed by atoms with Crippen LogP contribution in [0.5, 0.6) is 0 Å². The van der Waals surface area contributed by atoms with Gasteiger partial charge in [-0.2, -0.15) is 0 Å². The van der Waals surface area contributed by atoms with Gasteiger partial charge < -0.3 is 9.84 Å². The van der Waals surface area contributed by atoms with Crippen molar-refractivity contribution in [1.29, 1.82) is 0 Å². The molecule has 1 N–H and O–H groups in total. The van der Waals surface area contributed by atoms with Gasteiger partial charge >= 0.3 is 5.97 Å². The van der Waals surface area contributed by atoms with Crippen LogP contribution in [0, 0.1) is 11.8 Å². The lowest BCUT2D eigenvalue weighted by atomic mass is 9.93. The fourth-order valence-corrected chi connectivity index (χ4v) is 1.99. The van der Waals surface area contributed by atoms with E-state index in [1.807, 2.05) is 0 Å². The molecule has 3 heteroatoms. The maximum absolute atomic E-state index is 11.3. The fraction of sp³-hybridized carbons (Fsp3) is 0.900. The molecule has 0 aromatic carbocycles. The largest absolute Gasteiger partial charge is 0.469 e. The van der Waals surface area contributed by atoms with Gasteiger partial charge in [-0.15, -0.1) is 0 Å². The highest BCUT2D eigenvalue weighted by atomic mass is 16.5. The molecule has 1 aliphatic carbocycles. The second-order valence-electron chi connectivity index (χ2n) is 3.97. The molecule has 3 atom stereocenters. The fourth-order valence-electron chi connectivity index (χ4n) is 1.99. The van der Waals surface area contributed by atoms with Gasteiger partial charge in [0.1, 0.15) is 0 Å². The number of aliphatic hydroxyl groups excluding tert-OH is 1. The Morgan fingerprint density at radius 3 is 2.77 bits per heavy atom. The van der Waals surface area contributed by atoms with E-state index in [0.29, 0.717) is 5.92 Å². The number of hydrogen-bond donors (Lipinski definition) is 1. The molecule has 76 valence electrons. The first-order valence-electron chi connectivity index (χ1n) is 4.91. The molecular formula is C10H18O3. The predicted octanol–water partition coefficient (Wildman–Crippen LogP) is 1.35. The van der Waals surface area contributed by atoms with E-state index in [1.54, 1.807) is 0 Å². The summed E-state index contributed by atoms with van der Waals surface area (Å²) in [5, 5.41) is 9.67. The lowest BCUT2D eigenvalue weighted by molar-refractivity contribution is -0.150. The number of carbonyl (C=O) groups is 1. The molecular weight excluding hydrogens is 168 g/mol. The SMILES string of the molecule is COC(=O)[C@H]1C[C@H](C)CCC[C@H]1O. The van der Waals surface area contributed by atoms with E-state index < -0.39 is 6.10 Å². The first kappa shape index (κ1) is 10.5. The van der Waals surface area contributed by atoms with Crippen molar-refractivity contribution in [1.82, 2.24) is 0 Å². The van der Waals surface area contributed by atoms with Crippen LogP contribution in [-0.4, -0.2) is 24.3 Å². The van der Waals surface area contributed by atoms with Gasteiger partial charge in [0.25, 0.3) is 0 Å². The summed E-state index contributed by atoms with van der Waals surface area (Å²) < 4.78 is 4.67. The highest BCUT2D eigenvalue weighted by Crippen LogP contribution is 2.28. The standard InChI is InChI=1S/C10H18O3/c1-7-4-3-5-9(11)8(6-7)10(12)13-2/h7-9,11H,3-6H2,1-2H3/t7-,8+,9-/m1/s1. The number of ether oxygens (including phenoxy) is 1. The molecule has 0 heterocycles. The monoisotopic (exact) mass is 186 g/mol. The van der Waals surface area contributed by atoms with Crippen LogP contribution in [0.3, 0.4) is 0 Å². The third kappa shape index (κ3) is 2.69. The molecule has 0 radical (unpaired) electrons. The Balaban J connectivity index is 2.61. The summed E-state index contributed by atoms with van der Waals surface area (Å²) in [7, 11) is 1.38. The number of rotatable bonds is 1. The van der Waals surface area contributed by atoms with E-state index >= 15 is 0 Å². The third-order valence-corrected chi connectivity index (χ3v) is 2.82. The minimum Gasteiger partial charge on any atom is -0.469 e. The minimum atomic E-state index is -0.502. The average Bonchev–Trinajstić information content (AvgIpc) is 2.27. The average molecular weight is 186 g/mol. The maximum Gasteiger partial charge on any atom is 0.311 e. The number of methoxy groups -OCH3 is 1. The second kappa shape index (κ2) is 4.61. The molecule has 0 spiro atoms. The van der Waals surface area contributed by atoms with Crippen LogP contribution in [0.25, 0.3) is 0 Å². The van der Waals surface area contributed by atoms with Gasteiger partial charge in [0.05, 0.1) is 19.1 Å². The van der Waals surface area contributed by atoms with Gasteiger partial charge in [-0.05, 0) is 18.8 Å². The maximum atomic E-state index is 11.3. The topological polar surface area (TPSA) is 46.5 Å². The summed E-state index contributed by atoms with van der Waals surface area (Å²) >= 11 is 0. The van der Waals surface area contributed by atoms with Crippen molar-refractivity contribution < 1.29 is 14.6 Å². The highest BCUT2D eigenvalue weighted by molar-refractivity contribution is 5.72. The molecule has 0 saturated heterocycles. The Morgan fingerprint density at radius 1 is 1.46 bits per heavy atom. The van der Waals surface area contributed by atoms with Gasteiger partial charge in [0.15, 0.2) is 0 Å². The molecule has 0 aliphatic heterocycles. The van der Waals surface area contributed by atoms with Crippen LogP contribution in [0.2, 0.25) is 0 Å². The molecule has 1 saturated carbocycles. The molecule has 0 amide bonds. The van der Waals surface area contributed by atoms with Crippen molar-refractivity contribution in [3.05, 3.63) is 0 Å². The third-order valence-electron chi connectivity index (χ3n) is 2.82. The first-order valence-corrected chi connectivity index (χ1v) is 4.91. The zero-order valence-electron chi connectivity index (χ0n) is 8.32. The van der Waals surface area contributed by atoms with Crippen LogP contribution in [0.4, 0.5) is 0 Å². The molecule has 13 heavy (non-hydrogen) atoms. The molecule has 3 nitrogen and oxygen atoms in total. The zero-order chi connectivity index (χ0) is 9.84. The normalized spacial score (nSPS) is 35.2.